The monoisotopic (exact) mass is 269 g/mol. The van der Waals surface area contributed by atoms with Gasteiger partial charge in [0.2, 0.25) is 5.95 Å². The van der Waals surface area contributed by atoms with Gasteiger partial charge in [-0.05, 0) is 13.8 Å². The second kappa shape index (κ2) is 7.10. The van der Waals surface area contributed by atoms with Crippen molar-refractivity contribution in [3.8, 4) is 0 Å². The second-order valence-corrected chi connectivity index (χ2v) is 4.62. The maximum absolute atomic E-state index is 10.1. The number of anilines is 3. The van der Waals surface area contributed by atoms with E-state index in [1.165, 1.54) is 0 Å². The molecule has 1 aromatic heterocycles. The number of hydrogen-bond acceptors (Lipinski definition) is 7. The molecule has 0 aromatic carbocycles. The second-order valence-electron chi connectivity index (χ2n) is 4.62. The minimum absolute atomic E-state index is 0.192. The zero-order valence-corrected chi connectivity index (χ0v) is 11.7. The van der Waals surface area contributed by atoms with E-state index in [-0.39, 0.29) is 5.95 Å². The molecule has 7 heteroatoms. The Morgan fingerprint density at radius 1 is 1.37 bits per heavy atom. The molecule has 0 aliphatic carbocycles. The first kappa shape index (κ1) is 15.5. The van der Waals surface area contributed by atoms with Gasteiger partial charge < -0.3 is 26.2 Å². The third-order valence-electron chi connectivity index (χ3n) is 2.60. The summed E-state index contributed by atoms with van der Waals surface area (Å²) in [6.07, 6.45) is 0.539. The molecule has 1 atom stereocenters. The van der Waals surface area contributed by atoms with Crippen molar-refractivity contribution in [1.82, 2.24) is 9.97 Å². The van der Waals surface area contributed by atoms with Gasteiger partial charge >= 0.3 is 0 Å². The quantitative estimate of drug-likeness (QED) is 0.550. The first-order valence-electron chi connectivity index (χ1n) is 6.30. The largest absolute Gasteiger partial charge is 0.388 e. The predicted molar refractivity (Wildman–Crippen MR) is 76.2 cm³/mol. The third kappa shape index (κ3) is 5.71. The lowest BCUT2D eigenvalue weighted by molar-refractivity contribution is 0.0357. The third-order valence-corrected chi connectivity index (χ3v) is 2.60. The Morgan fingerprint density at radius 3 is 2.58 bits per heavy atom. The molecule has 0 fully saturated rings. The van der Waals surface area contributed by atoms with E-state index in [2.05, 4.69) is 20.6 Å². The number of nitrogens with zero attached hydrogens (tertiary/aromatic N) is 2. The van der Waals surface area contributed by atoms with Crippen molar-refractivity contribution in [2.45, 2.75) is 25.9 Å². The smallest absolute Gasteiger partial charge is 0.223 e. The van der Waals surface area contributed by atoms with Gasteiger partial charge in [0.1, 0.15) is 11.6 Å². The summed E-state index contributed by atoms with van der Waals surface area (Å²) in [5.41, 5.74) is 4.76. The van der Waals surface area contributed by atoms with Crippen LogP contribution >= 0.6 is 0 Å². The van der Waals surface area contributed by atoms with E-state index in [9.17, 15) is 5.11 Å². The van der Waals surface area contributed by atoms with Crippen LogP contribution in [0.15, 0.2) is 6.07 Å². The lowest BCUT2D eigenvalue weighted by Gasteiger charge is -2.23. The average molecular weight is 269 g/mol. The minimum Gasteiger partial charge on any atom is -0.388 e. The van der Waals surface area contributed by atoms with Crippen molar-refractivity contribution in [1.29, 1.82) is 0 Å². The summed E-state index contributed by atoms with van der Waals surface area (Å²) in [6, 6.07) is 1.76. The molecule has 0 aliphatic rings. The number of hydrogen-bond donors (Lipinski definition) is 4. The van der Waals surface area contributed by atoms with E-state index in [0.717, 1.165) is 6.54 Å². The van der Waals surface area contributed by atoms with Crippen LogP contribution in [0.2, 0.25) is 0 Å². The first-order chi connectivity index (χ1) is 8.96. The highest BCUT2D eigenvalue weighted by molar-refractivity contribution is 5.51. The summed E-state index contributed by atoms with van der Waals surface area (Å²) in [5, 5.41) is 16.2. The molecule has 1 aromatic rings. The normalized spacial score (nSPS) is 13.9. The van der Waals surface area contributed by atoms with Gasteiger partial charge in [0.15, 0.2) is 0 Å². The fraction of sp³-hybridized carbons (Fsp3) is 0.667. The molecule has 0 spiro atoms. The van der Waals surface area contributed by atoms with Crippen molar-refractivity contribution in [2.75, 3.05) is 43.2 Å². The van der Waals surface area contributed by atoms with Crippen LogP contribution in [-0.4, -0.2) is 47.5 Å². The van der Waals surface area contributed by atoms with Crippen LogP contribution in [0.3, 0.4) is 0 Å². The standard InChI is InChI=1S/C12H23N5O2/c1-4-14-9-7-10(17-11(13)16-9)15-8-12(2,18)5-6-19-3/h7,18H,4-6,8H2,1-3H3,(H4,13,14,15,16,17). The molecule has 19 heavy (non-hydrogen) atoms. The summed E-state index contributed by atoms with van der Waals surface area (Å²) in [5.74, 6) is 1.44. The number of methoxy groups -OCH3 is 1. The molecular formula is C12H23N5O2. The van der Waals surface area contributed by atoms with Gasteiger partial charge in [-0.3, -0.25) is 0 Å². The molecule has 1 unspecified atom stereocenters. The number of ether oxygens (including phenoxy) is 1. The van der Waals surface area contributed by atoms with Crippen LogP contribution in [0.5, 0.6) is 0 Å². The lowest BCUT2D eigenvalue weighted by Crippen LogP contribution is -2.35. The minimum atomic E-state index is -0.867. The van der Waals surface area contributed by atoms with E-state index < -0.39 is 5.60 Å². The van der Waals surface area contributed by atoms with Gasteiger partial charge in [-0.15, -0.1) is 0 Å². The van der Waals surface area contributed by atoms with Crippen molar-refractivity contribution in [2.24, 2.45) is 0 Å². The number of aliphatic hydroxyl groups is 1. The number of nitrogens with two attached hydrogens (primary N) is 1. The van der Waals surface area contributed by atoms with Crippen molar-refractivity contribution in [3.05, 3.63) is 6.07 Å². The maximum atomic E-state index is 10.1. The van der Waals surface area contributed by atoms with Gasteiger partial charge in [-0.25, -0.2) is 0 Å². The van der Waals surface area contributed by atoms with Crippen LogP contribution < -0.4 is 16.4 Å². The van der Waals surface area contributed by atoms with E-state index in [4.69, 9.17) is 10.5 Å². The molecule has 1 heterocycles. The maximum Gasteiger partial charge on any atom is 0.223 e. The molecule has 5 N–H and O–H groups in total. The van der Waals surface area contributed by atoms with Gasteiger partial charge in [0.05, 0.1) is 5.60 Å². The molecule has 1 rings (SSSR count). The summed E-state index contributed by atoms with van der Waals surface area (Å²) in [4.78, 5) is 8.12. The molecule has 0 saturated heterocycles. The highest BCUT2D eigenvalue weighted by atomic mass is 16.5. The van der Waals surface area contributed by atoms with Gasteiger partial charge in [0, 0.05) is 39.3 Å². The molecule has 0 saturated carbocycles. The fourth-order valence-corrected chi connectivity index (χ4v) is 1.52. The molecule has 0 radical (unpaired) electrons. The van der Waals surface area contributed by atoms with Gasteiger partial charge in [-0.2, -0.15) is 9.97 Å². The molecule has 0 bridgehead atoms. The number of rotatable bonds is 8. The highest BCUT2D eigenvalue weighted by Crippen LogP contribution is 2.15. The zero-order chi connectivity index (χ0) is 14.3. The zero-order valence-electron chi connectivity index (χ0n) is 11.7. The van der Waals surface area contributed by atoms with Crippen LogP contribution in [0, 0.1) is 0 Å². The summed E-state index contributed by atoms with van der Waals surface area (Å²) >= 11 is 0. The Labute approximate surface area is 113 Å². The van der Waals surface area contributed by atoms with Gasteiger partial charge in [-0.1, -0.05) is 0 Å². The SMILES string of the molecule is CCNc1cc(NCC(C)(O)CCOC)nc(N)n1. The Kier molecular flexibility index (Phi) is 5.78. The first-order valence-corrected chi connectivity index (χ1v) is 6.30. The lowest BCUT2D eigenvalue weighted by atomic mass is 10.0. The van der Waals surface area contributed by atoms with Gasteiger partial charge in [0.25, 0.3) is 0 Å². The molecule has 7 nitrogen and oxygen atoms in total. The average Bonchev–Trinajstić information content (AvgIpc) is 2.34. The summed E-state index contributed by atoms with van der Waals surface area (Å²) in [7, 11) is 1.61. The molecule has 0 amide bonds. The van der Waals surface area contributed by atoms with E-state index in [1.807, 2.05) is 6.92 Å². The van der Waals surface area contributed by atoms with Crippen LogP contribution in [0.25, 0.3) is 0 Å². The van der Waals surface area contributed by atoms with Crippen LogP contribution in [0.4, 0.5) is 17.6 Å². The summed E-state index contributed by atoms with van der Waals surface area (Å²) < 4.78 is 4.96. The fourth-order valence-electron chi connectivity index (χ4n) is 1.52. The topological polar surface area (TPSA) is 105 Å². The molecule has 108 valence electrons. The predicted octanol–water partition coefficient (Wildman–Crippen LogP) is 0.690. The molecular weight excluding hydrogens is 246 g/mol. The number of nitrogens with one attached hydrogen (secondary N) is 2. The van der Waals surface area contributed by atoms with E-state index >= 15 is 0 Å². The van der Waals surface area contributed by atoms with Crippen LogP contribution in [0.1, 0.15) is 20.3 Å². The Hall–Kier alpha value is -1.60. The van der Waals surface area contributed by atoms with Crippen molar-refractivity contribution in [3.63, 3.8) is 0 Å². The Morgan fingerprint density at radius 2 is 2.00 bits per heavy atom. The Balaban J connectivity index is 2.61. The van der Waals surface area contributed by atoms with Crippen LogP contribution in [-0.2, 0) is 4.74 Å². The van der Waals surface area contributed by atoms with Crippen molar-refractivity contribution >= 4 is 17.6 Å². The summed E-state index contributed by atoms with van der Waals surface area (Å²) in [6.45, 7) is 5.33. The van der Waals surface area contributed by atoms with Crippen molar-refractivity contribution < 1.29 is 9.84 Å². The highest BCUT2D eigenvalue weighted by Gasteiger charge is 2.20. The molecule has 0 aliphatic heterocycles. The van der Waals surface area contributed by atoms with E-state index in [1.54, 1.807) is 20.1 Å². The Bertz CT molecular complexity index is 398. The number of nitrogen functional groups attached to an aromatic ring is 1. The van der Waals surface area contributed by atoms with E-state index in [0.29, 0.717) is 31.2 Å². The number of aromatic nitrogens is 2.